The van der Waals surface area contributed by atoms with Gasteiger partial charge in [-0.25, -0.2) is 0 Å². The first-order chi connectivity index (χ1) is 13.8. The molecule has 29 heavy (non-hydrogen) atoms. The van der Waals surface area contributed by atoms with Gasteiger partial charge in [0.05, 0.1) is 16.3 Å². The molecule has 150 valence electrons. The van der Waals surface area contributed by atoms with Crippen molar-refractivity contribution in [2.24, 2.45) is 0 Å². The van der Waals surface area contributed by atoms with Crippen LogP contribution in [0.3, 0.4) is 0 Å². The van der Waals surface area contributed by atoms with E-state index in [1.54, 1.807) is 31.2 Å². The van der Waals surface area contributed by atoms with Crippen molar-refractivity contribution >= 4 is 34.8 Å². The lowest BCUT2D eigenvalue weighted by Gasteiger charge is -2.29. The van der Waals surface area contributed by atoms with E-state index in [-0.39, 0.29) is 42.1 Å². The number of nitro benzene ring substituents is 1. The van der Waals surface area contributed by atoms with E-state index < -0.39 is 10.8 Å². The summed E-state index contributed by atoms with van der Waals surface area (Å²) < 4.78 is 0. The third kappa shape index (κ3) is 4.23. The van der Waals surface area contributed by atoms with Crippen LogP contribution in [0.1, 0.15) is 23.7 Å². The van der Waals surface area contributed by atoms with Crippen molar-refractivity contribution in [2.75, 3.05) is 23.8 Å². The second-order valence-corrected chi connectivity index (χ2v) is 6.85. The lowest BCUT2D eigenvalue weighted by atomic mass is 10.1. The first kappa shape index (κ1) is 20.0. The monoisotopic (exact) mass is 396 g/mol. The molecule has 1 N–H and O–H groups in total. The molecule has 1 heterocycles. The number of anilines is 2. The molecule has 0 saturated carbocycles. The number of nitro groups is 1. The maximum Gasteiger partial charge on any atom is 0.269 e. The molecule has 1 atom stereocenters. The fourth-order valence-electron chi connectivity index (χ4n) is 3.26. The van der Waals surface area contributed by atoms with Gasteiger partial charge < -0.3 is 15.1 Å². The van der Waals surface area contributed by atoms with E-state index in [9.17, 15) is 24.5 Å². The number of benzene rings is 2. The number of hydrogen-bond donors (Lipinski definition) is 1. The van der Waals surface area contributed by atoms with E-state index >= 15 is 0 Å². The Kier molecular flexibility index (Phi) is 5.58. The van der Waals surface area contributed by atoms with Gasteiger partial charge in [-0.15, -0.1) is 0 Å². The summed E-state index contributed by atoms with van der Waals surface area (Å²) in [5.74, 6) is -0.951. The van der Waals surface area contributed by atoms with Crippen molar-refractivity contribution < 1.29 is 19.3 Å². The predicted octanol–water partition coefficient (Wildman–Crippen LogP) is 2.43. The van der Waals surface area contributed by atoms with Crippen LogP contribution in [-0.2, 0) is 9.59 Å². The number of fused-ring (bicyclic) bond motifs is 1. The molecule has 1 aliphatic heterocycles. The van der Waals surface area contributed by atoms with E-state index in [0.29, 0.717) is 11.4 Å². The van der Waals surface area contributed by atoms with Crippen LogP contribution in [0.4, 0.5) is 17.1 Å². The number of non-ortho nitro benzene ring substituents is 1. The number of nitrogens with one attached hydrogen (secondary N) is 1. The van der Waals surface area contributed by atoms with Crippen LogP contribution in [0.5, 0.6) is 0 Å². The highest BCUT2D eigenvalue weighted by atomic mass is 16.6. The number of likely N-dealkylation sites (N-methyl/N-ethyl adjacent to an activating group) is 1. The summed E-state index contributed by atoms with van der Waals surface area (Å²) in [7, 11) is 1.49. The maximum absolute atomic E-state index is 13.0. The molecule has 2 aromatic rings. The molecular formula is C20H20N4O5. The maximum atomic E-state index is 13.0. The van der Waals surface area contributed by atoms with Crippen LogP contribution in [0.25, 0.3) is 0 Å². The zero-order chi connectivity index (χ0) is 21.1. The summed E-state index contributed by atoms with van der Waals surface area (Å²) in [6.07, 6.45) is 0.139. The number of rotatable bonds is 4. The molecule has 9 heteroatoms. The molecular weight excluding hydrogens is 376 g/mol. The number of carbonyl (C=O) groups is 3. The third-order valence-electron chi connectivity index (χ3n) is 4.67. The van der Waals surface area contributed by atoms with E-state index in [4.69, 9.17) is 0 Å². The zero-order valence-corrected chi connectivity index (χ0v) is 16.0. The summed E-state index contributed by atoms with van der Waals surface area (Å²) >= 11 is 0. The van der Waals surface area contributed by atoms with Crippen LogP contribution in [0.15, 0.2) is 48.5 Å². The molecule has 0 spiro atoms. The molecule has 0 radical (unpaired) electrons. The van der Waals surface area contributed by atoms with Crippen LogP contribution in [0.2, 0.25) is 0 Å². The smallest absolute Gasteiger partial charge is 0.269 e. The van der Waals surface area contributed by atoms with Gasteiger partial charge in [-0.1, -0.05) is 12.1 Å². The minimum Gasteiger partial charge on any atom is -0.332 e. The van der Waals surface area contributed by atoms with E-state index in [2.05, 4.69) is 5.32 Å². The molecule has 3 amide bonds. The van der Waals surface area contributed by atoms with E-state index in [0.717, 1.165) is 0 Å². The van der Waals surface area contributed by atoms with Gasteiger partial charge in [0.25, 0.3) is 11.6 Å². The van der Waals surface area contributed by atoms with Crippen molar-refractivity contribution in [3.05, 3.63) is 64.2 Å². The van der Waals surface area contributed by atoms with Gasteiger partial charge in [-0.2, -0.15) is 0 Å². The van der Waals surface area contributed by atoms with Gasteiger partial charge >= 0.3 is 0 Å². The second-order valence-electron chi connectivity index (χ2n) is 6.85. The standard InChI is InChI=1S/C20H20N4O5/c1-13-11-18(25)21-16-5-3-4-6-17(16)23(13)19(26)12-22(2)20(27)14-7-9-15(10-8-14)24(28)29/h3-10,13H,11-12H2,1-2H3,(H,21,25). The van der Waals surface area contributed by atoms with Crippen LogP contribution in [0, 0.1) is 10.1 Å². The fraction of sp³-hybridized carbons (Fsp3) is 0.250. The Balaban J connectivity index is 1.78. The molecule has 2 aromatic carbocycles. The number of para-hydroxylation sites is 2. The Labute approximate surface area is 167 Å². The highest BCUT2D eigenvalue weighted by Crippen LogP contribution is 2.31. The number of nitrogens with zero attached hydrogens (tertiary/aromatic N) is 3. The van der Waals surface area contributed by atoms with Crippen molar-refractivity contribution in [1.82, 2.24) is 4.90 Å². The molecule has 0 fully saturated rings. The normalized spacial score (nSPS) is 15.7. The second kappa shape index (κ2) is 8.09. The molecule has 3 rings (SSSR count). The molecule has 9 nitrogen and oxygen atoms in total. The predicted molar refractivity (Wildman–Crippen MR) is 107 cm³/mol. The van der Waals surface area contributed by atoms with Gasteiger partial charge in [0.2, 0.25) is 11.8 Å². The minimum atomic E-state index is -0.547. The third-order valence-corrected chi connectivity index (χ3v) is 4.67. The fourth-order valence-corrected chi connectivity index (χ4v) is 3.26. The van der Waals surface area contributed by atoms with Crippen molar-refractivity contribution in [3.8, 4) is 0 Å². The summed E-state index contributed by atoms with van der Waals surface area (Å²) in [4.78, 5) is 50.7. The van der Waals surface area contributed by atoms with Gasteiger partial charge in [0.1, 0.15) is 6.54 Å². The van der Waals surface area contributed by atoms with Crippen molar-refractivity contribution in [2.45, 2.75) is 19.4 Å². The quantitative estimate of drug-likeness (QED) is 0.630. The molecule has 0 saturated heterocycles. The lowest BCUT2D eigenvalue weighted by molar-refractivity contribution is -0.384. The summed E-state index contributed by atoms with van der Waals surface area (Å²) in [5.41, 5.74) is 1.24. The number of carbonyl (C=O) groups excluding carboxylic acids is 3. The summed E-state index contributed by atoms with van der Waals surface area (Å²) in [6.45, 7) is 1.57. The van der Waals surface area contributed by atoms with E-state index in [1.807, 2.05) is 0 Å². The Bertz CT molecular complexity index is 973. The average Bonchev–Trinajstić information content (AvgIpc) is 2.81. The Hall–Kier alpha value is -3.75. The first-order valence-corrected chi connectivity index (χ1v) is 8.99. The van der Waals surface area contributed by atoms with Crippen molar-refractivity contribution in [3.63, 3.8) is 0 Å². The minimum absolute atomic E-state index is 0.118. The summed E-state index contributed by atoms with van der Waals surface area (Å²) in [6, 6.07) is 11.8. The van der Waals surface area contributed by atoms with Crippen molar-refractivity contribution in [1.29, 1.82) is 0 Å². The van der Waals surface area contributed by atoms with Gasteiger partial charge in [-0.05, 0) is 31.2 Å². The van der Waals surface area contributed by atoms with Crippen LogP contribution in [-0.4, -0.2) is 47.2 Å². The molecule has 1 unspecified atom stereocenters. The molecule has 1 aliphatic rings. The van der Waals surface area contributed by atoms with Gasteiger partial charge in [0.15, 0.2) is 0 Å². The van der Waals surface area contributed by atoms with Gasteiger partial charge in [0, 0.05) is 37.2 Å². The Morgan fingerprint density at radius 1 is 1.21 bits per heavy atom. The number of amides is 3. The lowest BCUT2D eigenvalue weighted by Crippen LogP contribution is -2.45. The van der Waals surface area contributed by atoms with Gasteiger partial charge in [-0.3, -0.25) is 24.5 Å². The van der Waals surface area contributed by atoms with Crippen LogP contribution < -0.4 is 10.2 Å². The molecule has 0 aliphatic carbocycles. The van der Waals surface area contributed by atoms with E-state index in [1.165, 1.54) is 41.1 Å². The molecule has 0 bridgehead atoms. The van der Waals surface area contributed by atoms with Crippen LogP contribution >= 0.6 is 0 Å². The Morgan fingerprint density at radius 2 is 1.86 bits per heavy atom. The number of hydrogen-bond acceptors (Lipinski definition) is 5. The zero-order valence-electron chi connectivity index (χ0n) is 16.0. The highest BCUT2D eigenvalue weighted by Gasteiger charge is 2.30. The highest BCUT2D eigenvalue weighted by molar-refractivity contribution is 6.06. The Morgan fingerprint density at radius 3 is 2.52 bits per heavy atom. The SMILES string of the molecule is CC1CC(=O)Nc2ccccc2N1C(=O)CN(C)C(=O)c1ccc([N+](=O)[O-])cc1. The summed E-state index contributed by atoms with van der Waals surface area (Å²) in [5, 5.41) is 13.5. The topological polar surface area (TPSA) is 113 Å². The molecule has 0 aromatic heterocycles. The average molecular weight is 396 g/mol. The largest absolute Gasteiger partial charge is 0.332 e. The first-order valence-electron chi connectivity index (χ1n) is 8.99.